The molecule has 1 aromatic heterocycles. The van der Waals surface area contributed by atoms with Crippen LogP contribution in [-0.4, -0.2) is 36.2 Å². The molecule has 1 heterocycles. The van der Waals surface area contributed by atoms with Gasteiger partial charge < -0.3 is 5.11 Å². The molecule has 1 aromatic rings. The number of aromatic carboxylic acids is 1. The molecule has 0 atom stereocenters. The monoisotopic (exact) mass is 301 g/mol. The van der Waals surface area contributed by atoms with Crippen LogP contribution in [0.4, 0.5) is 0 Å². The largest absolute Gasteiger partial charge is 0.476 e. The van der Waals surface area contributed by atoms with Crippen molar-refractivity contribution in [3.63, 3.8) is 0 Å². The number of carbonyl (C=O) groups is 1. The van der Waals surface area contributed by atoms with Gasteiger partial charge in [0.1, 0.15) is 4.90 Å². The lowest BCUT2D eigenvalue weighted by atomic mass is 9.90. The highest BCUT2D eigenvalue weighted by Crippen LogP contribution is 2.24. The van der Waals surface area contributed by atoms with Gasteiger partial charge in [0.2, 0.25) is 10.0 Å². The van der Waals surface area contributed by atoms with Crippen LogP contribution in [0.15, 0.2) is 4.90 Å². The van der Waals surface area contributed by atoms with E-state index in [1.807, 2.05) is 0 Å². The van der Waals surface area contributed by atoms with Gasteiger partial charge in [0.25, 0.3) is 0 Å². The first-order valence-corrected chi connectivity index (χ1v) is 8.18. The van der Waals surface area contributed by atoms with E-state index < -0.39 is 21.7 Å². The molecule has 1 fully saturated rings. The summed E-state index contributed by atoms with van der Waals surface area (Å²) < 4.78 is 27.0. The van der Waals surface area contributed by atoms with Gasteiger partial charge in [-0.15, -0.1) is 0 Å². The number of nitrogens with one attached hydrogen (secondary N) is 2. The number of nitrogens with zero attached hydrogens (tertiary/aromatic N) is 1. The van der Waals surface area contributed by atoms with Crippen LogP contribution in [0.5, 0.6) is 0 Å². The van der Waals surface area contributed by atoms with E-state index in [1.165, 1.54) is 13.3 Å². The minimum absolute atomic E-state index is 0.235. The normalized spacial score (nSPS) is 17.2. The van der Waals surface area contributed by atoms with Crippen molar-refractivity contribution in [3.05, 3.63) is 11.4 Å². The fourth-order valence-corrected chi connectivity index (χ4v) is 4.02. The maximum Gasteiger partial charge on any atom is 0.357 e. The van der Waals surface area contributed by atoms with Gasteiger partial charge in [0, 0.05) is 6.54 Å². The van der Waals surface area contributed by atoms with E-state index >= 15 is 0 Å². The van der Waals surface area contributed by atoms with Gasteiger partial charge in [-0.25, -0.2) is 17.9 Å². The number of H-pyrrole nitrogens is 1. The molecule has 1 saturated carbocycles. The van der Waals surface area contributed by atoms with Crippen LogP contribution < -0.4 is 4.72 Å². The number of aromatic nitrogens is 2. The SMILES string of the molecule is Cc1[nH]nc(C(=O)O)c1S(=O)(=O)NCC1CCCCC1. The molecule has 0 radical (unpaired) electrons. The summed E-state index contributed by atoms with van der Waals surface area (Å²) in [6, 6.07) is 0. The van der Waals surface area contributed by atoms with Crippen molar-refractivity contribution >= 4 is 16.0 Å². The maximum atomic E-state index is 12.2. The summed E-state index contributed by atoms with van der Waals surface area (Å²) in [5.74, 6) is -1.02. The Morgan fingerprint density at radius 1 is 1.40 bits per heavy atom. The number of aryl methyl sites for hydroxylation is 1. The summed E-state index contributed by atoms with van der Waals surface area (Å²) in [6.07, 6.45) is 5.47. The average molecular weight is 301 g/mol. The number of hydrogen-bond donors (Lipinski definition) is 3. The summed E-state index contributed by atoms with van der Waals surface area (Å²) in [6.45, 7) is 1.85. The lowest BCUT2D eigenvalue weighted by molar-refractivity contribution is 0.0686. The molecule has 20 heavy (non-hydrogen) atoms. The molecule has 0 saturated heterocycles. The minimum Gasteiger partial charge on any atom is -0.476 e. The van der Waals surface area contributed by atoms with Crippen LogP contribution in [0.1, 0.15) is 48.3 Å². The molecule has 2 rings (SSSR count). The third-order valence-electron chi connectivity index (χ3n) is 3.65. The minimum atomic E-state index is -3.85. The molecule has 8 heteroatoms. The molecule has 3 N–H and O–H groups in total. The topological polar surface area (TPSA) is 112 Å². The Kier molecular flexibility index (Phi) is 4.44. The predicted octanol–water partition coefficient (Wildman–Crippen LogP) is 1.27. The zero-order valence-electron chi connectivity index (χ0n) is 11.3. The summed E-state index contributed by atoms with van der Waals surface area (Å²) >= 11 is 0. The molecule has 0 amide bonds. The Bertz CT molecular complexity index is 588. The Labute approximate surface area is 117 Å². The van der Waals surface area contributed by atoms with E-state index in [0.29, 0.717) is 12.5 Å². The Hall–Kier alpha value is -1.41. The zero-order valence-corrected chi connectivity index (χ0v) is 12.2. The molecule has 1 aliphatic rings. The van der Waals surface area contributed by atoms with Crippen molar-refractivity contribution in [2.24, 2.45) is 5.92 Å². The highest BCUT2D eigenvalue weighted by Gasteiger charge is 2.28. The van der Waals surface area contributed by atoms with Crippen LogP contribution in [0.3, 0.4) is 0 Å². The number of rotatable bonds is 5. The van der Waals surface area contributed by atoms with Crippen LogP contribution in [0.2, 0.25) is 0 Å². The van der Waals surface area contributed by atoms with Gasteiger partial charge in [-0.05, 0) is 25.7 Å². The molecule has 0 aliphatic heterocycles. The first-order valence-electron chi connectivity index (χ1n) is 6.69. The molecule has 0 spiro atoms. The zero-order chi connectivity index (χ0) is 14.8. The number of hydrogen-bond acceptors (Lipinski definition) is 4. The number of aromatic amines is 1. The molecule has 0 aromatic carbocycles. The number of carboxylic acid groups (broad SMARTS) is 1. The highest BCUT2D eigenvalue weighted by molar-refractivity contribution is 7.89. The van der Waals surface area contributed by atoms with E-state index in [9.17, 15) is 13.2 Å². The molecule has 112 valence electrons. The smallest absolute Gasteiger partial charge is 0.357 e. The second kappa shape index (κ2) is 5.92. The van der Waals surface area contributed by atoms with Crippen molar-refractivity contribution in [2.45, 2.75) is 43.9 Å². The second-order valence-electron chi connectivity index (χ2n) is 5.19. The van der Waals surface area contributed by atoms with Gasteiger partial charge in [-0.1, -0.05) is 19.3 Å². The lowest BCUT2D eigenvalue weighted by Gasteiger charge is -2.21. The van der Waals surface area contributed by atoms with Gasteiger partial charge in [0.05, 0.1) is 5.69 Å². The van der Waals surface area contributed by atoms with E-state index in [4.69, 9.17) is 5.11 Å². The van der Waals surface area contributed by atoms with Crippen molar-refractivity contribution < 1.29 is 18.3 Å². The van der Waals surface area contributed by atoms with Crippen LogP contribution in [0, 0.1) is 12.8 Å². The Balaban J connectivity index is 2.14. The summed E-state index contributed by atoms with van der Waals surface area (Å²) in [5, 5.41) is 14.9. The van der Waals surface area contributed by atoms with Crippen LogP contribution in [-0.2, 0) is 10.0 Å². The van der Waals surface area contributed by atoms with E-state index in [-0.39, 0.29) is 10.6 Å². The van der Waals surface area contributed by atoms with Crippen molar-refractivity contribution in [1.82, 2.24) is 14.9 Å². The van der Waals surface area contributed by atoms with Crippen molar-refractivity contribution in [3.8, 4) is 0 Å². The van der Waals surface area contributed by atoms with Crippen molar-refractivity contribution in [1.29, 1.82) is 0 Å². The molecule has 7 nitrogen and oxygen atoms in total. The van der Waals surface area contributed by atoms with Crippen molar-refractivity contribution in [2.75, 3.05) is 6.54 Å². The number of sulfonamides is 1. The van der Waals surface area contributed by atoms with E-state index in [1.54, 1.807) is 0 Å². The first-order chi connectivity index (χ1) is 9.42. The quantitative estimate of drug-likeness (QED) is 0.758. The predicted molar refractivity (Wildman–Crippen MR) is 72.0 cm³/mol. The maximum absolute atomic E-state index is 12.2. The first kappa shape index (κ1) is 15.0. The molecular formula is C12H19N3O4S. The molecule has 0 bridgehead atoms. The van der Waals surface area contributed by atoms with Crippen LogP contribution in [0.25, 0.3) is 0 Å². The van der Waals surface area contributed by atoms with Crippen LogP contribution >= 0.6 is 0 Å². The summed E-state index contributed by atoms with van der Waals surface area (Å²) in [7, 11) is -3.85. The standard InChI is InChI=1S/C12H19N3O4S/c1-8-11(10(12(16)17)15-14-8)20(18,19)13-7-9-5-3-2-4-6-9/h9,13H,2-7H2,1H3,(H,14,15)(H,16,17). The average Bonchev–Trinajstić information content (AvgIpc) is 2.81. The van der Waals surface area contributed by atoms with Gasteiger partial charge >= 0.3 is 5.97 Å². The summed E-state index contributed by atoms with van der Waals surface area (Å²) in [5.41, 5.74) is -0.225. The fourth-order valence-electron chi connectivity index (χ4n) is 2.58. The number of carboxylic acids is 1. The van der Waals surface area contributed by atoms with E-state index in [2.05, 4.69) is 14.9 Å². The Morgan fingerprint density at radius 3 is 2.65 bits per heavy atom. The lowest BCUT2D eigenvalue weighted by Crippen LogP contribution is -2.31. The highest BCUT2D eigenvalue weighted by atomic mass is 32.2. The summed E-state index contributed by atoms with van der Waals surface area (Å²) in [4.78, 5) is 10.7. The van der Waals surface area contributed by atoms with Gasteiger partial charge in [-0.3, -0.25) is 5.10 Å². The molecular weight excluding hydrogens is 282 g/mol. The third-order valence-corrected chi connectivity index (χ3v) is 5.23. The van der Waals surface area contributed by atoms with Gasteiger partial charge in [0.15, 0.2) is 5.69 Å². The van der Waals surface area contributed by atoms with Gasteiger partial charge in [-0.2, -0.15) is 5.10 Å². The molecule has 1 aliphatic carbocycles. The van der Waals surface area contributed by atoms with E-state index in [0.717, 1.165) is 25.7 Å². The second-order valence-corrected chi connectivity index (χ2v) is 6.89. The Morgan fingerprint density at radius 2 is 2.05 bits per heavy atom. The fraction of sp³-hybridized carbons (Fsp3) is 0.667. The molecule has 0 unspecified atom stereocenters. The third kappa shape index (κ3) is 3.18.